The molecule has 6 aliphatic carbocycles. The Kier molecular flexibility index (Phi) is 10.4. The number of para-hydroxylation sites is 7. The highest BCUT2D eigenvalue weighted by molar-refractivity contribution is 6.25. The van der Waals surface area contributed by atoms with Crippen LogP contribution in [0.2, 0.25) is 0 Å². The van der Waals surface area contributed by atoms with Crippen molar-refractivity contribution in [1.29, 1.82) is 0 Å². The molecule has 5 unspecified atom stereocenters. The summed E-state index contributed by atoms with van der Waals surface area (Å²) in [6.07, 6.45) is 0. The molecule has 0 radical (unpaired) electrons. The van der Waals surface area contributed by atoms with Crippen LogP contribution in [-0.2, 0) is 5.41 Å². The van der Waals surface area contributed by atoms with Crippen LogP contribution in [0.15, 0.2) is 336 Å². The zero-order valence-corrected chi connectivity index (χ0v) is 56.7. The van der Waals surface area contributed by atoms with E-state index in [-0.39, 0.29) is 29.1 Å². The molecule has 0 saturated carbocycles. The first-order valence-electron chi connectivity index (χ1n) is 37.0. The second kappa shape index (κ2) is 19.7. The molecule has 0 amide bonds. The van der Waals surface area contributed by atoms with E-state index in [4.69, 9.17) is 8.83 Å². The molecule has 105 heavy (non-hydrogen) atoms. The average Bonchev–Trinajstić information content (AvgIpc) is 1.47. The van der Waals surface area contributed by atoms with E-state index in [1.54, 1.807) is 0 Å². The van der Waals surface area contributed by atoms with Crippen molar-refractivity contribution in [1.82, 2.24) is 8.97 Å². The summed E-state index contributed by atoms with van der Waals surface area (Å²) in [4.78, 5) is 0. The van der Waals surface area contributed by atoms with Crippen LogP contribution in [0.1, 0.15) is 90.4 Å². The molecule has 5 atom stereocenters. The molecule has 6 aliphatic rings. The molecule has 5 aromatic heterocycles. The lowest BCUT2D eigenvalue weighted by molar-refractivity contribution is 0.333. The lowest BCUT2D eigenvalue weighted by Crippen LogP contribution is -2.52. The molecule has 4 heteroatoms. The minimum Gasteiger partial charge on any atom is -0.456 e. The Morgan fingerprint density at radius 1 is 0.257 bits per heavy atom. The maximum absolute atomic E-state index is 7.51. The van der Waals surface area contributed by atoms with Gasteiger partial charge in [-0.25, -0.2) is 0 Å². The van der Waals surface area contributed by atoms with E-state index in [0.29, 0.717) is 0 Å². The molecule has 2 bridgehead atoms. The number of hydrogen-bond donors (Lipinski definition) is 0. The van der Waals surface area contributed by atoms with Crippen molar-refractivity contribution in [3.8, 4) is 61.3 Å². The highest BCUT2D eigenvalue weighted by atomic mass is 16.3. The van der Waals surface area contributed by atoms with E-state index in [1.807, 2.05) is 0 Å². The molecule has 0 aliphatic heterocycles. The maximum atomic E-state index is 7.51. The van der Waals surface area contributed by atoms with Crippen LogP contribution in [-0.4, -0.2) is 8.97 Å². The fourth-order valence-corrected chi connectivity index (χ4v) is 22.0. The van der Waals surface area contributed by atoms with Crippen molar-refractivity contribution >= 4 is 104 Å². The largest absolute Gasteiger partial charge is 0.456 e. The van der Waals surface area contributed by atoms with Gasteiger partial charge in [0.05, 0.1) is 33.3 Å². The van der Waals surface area contributed by atoms with Gasteiger partial charge in [0.25, 0.3) is 0 Å². The molecule has 484 valence electrons. The highest BCUT2D eigenvalue weighted by Gasteiger charge is 2.70. The number of rotatable bonds is 6. The number of fused-ring (bicyclic) bond motifs is 22. The van der Waals surface area contributed by atoms with Crippen LogP contribution in [0.3, 0.4) is 0 Å². The minimum absolute atomic E-state index is 0.0623. The van der Waals surface area contributed by atoms with Crippen molar-refractivity contribution < 1.29 is 8.83 Å². The normalized spacial score (nSPS) is 17.8. The Balaban J connectivity index is 0.708. The molecular weight excluding hydrogens is 1270 g/mol. The maximum Gasteiger partial charge on any atom is 0.143 e. The Hall–Kier alpha value is -13.3. The van der Waals surface area contributed by atoms with Crippen molar-refractivity contribution in [2.45, 2.75) is 29.1 Å². The second-order valence-electron chi connectivity index (χ2n) is 30.1. The SMILES string of the molecule is c1ccc(-n2c3ccccc3c3ccccc32)c(-c2ccc(-c3ccc(-c4ccc5c(c4)C4c6ccccc6C5c5c(-c6cccc7oc8ccccc8c67)ccc(-c6cc7c8ccccc8n8c9ccccc9c(c6)c78)c54)c4c3oc3ccccc34)c3c2C2c4ccccc4C24c2ccccc2C34)c1. The Labute approximate surface area is 602 Å². The molecule has 1 spiro atoms. The van der Waals surface area contributed by atoms with Crippen molar-refractivity contribution in [2.24, 2.45) is 0 Å². The van der Waals surface area contributed by atoms with Gasteiger partial charge in [-0.15, -0.1) is 0 Å². The first kappa shape index (κ1) is 55.4. The summed E-state index contributed by atoms with van der Waals surface area (Å²) in [5.41, 5.74) is 39.7. The third-order valence-electron chi connectivity index (χ3n) is 25.8. The van der Waals surface area contributed by atoms with Crippen LogP contribution in [0.5, 0.6) is 0 Å². The van der Waals surface area contributed by atoms with Crippen LogP contribution in [0.25, 0.3) is 165 Å². The van der Waals surface area contributed by atoms with Gasteiger partial charge in [-0.05, 0) is 184 Å². The second-order valence-corrected chi connectivity index (χ2v) is 30.1. The van der Waals surface area contributed by atoms with E-state index in [2.05, 4.69) is 337 Å². The topological polar surface area (TPSA) is 35.6 Å². The summed E-state index contributed by atoms with van der Waals surface area (Å²) in [6.45, 7) is 0. The molecule has 0 saturated heterocycles. The number of aromatic nitrogens is 2. The minimum atomic E-state index is -0.202. The predicted octanol–water partition coefficient (Wildman–Crippen LogP) is 25.9. The van der Waals surface area contributed by atoms with Crippen LogP contribution in [0.4, 0.5) is 0 Å². The van der Waals surface area contributed by atoms with Crippen molar-refractivity contribution in [3.63, 3.8) is 0 Å². The van der Waals surface area contributed by atoms with Gasteiger partial charge in [-0.1, -0.05) is 255 Å². The number of benzene rings is 16. The highest BCUT2D eigenvalue weighted by Crippen LogP contribution is 2.79. The molecule has 0 N–H and O–H groups in total. The fourth-order valence-electron chi connectivity index (χ4n) is 22.0. The Morgan fingerprint density at radius 3 is 1.36 bits per heavy atom. The summed E-state index contributed by atoms with van der Waals surface area (Å²) >= 11 is 0. The van der Waals surface area contributed by atoms with Gasteiger partial charge in [-0.3, -0.25) is 0 Å². The molecule has 0 fully saturated rings. The van der Waals surface area contributed by atoms with Crippen LogP contribution >= 0.6 is 0 Å². The third kappa shape index (κ3) is 6.69. The van der Waals surface area contributed by atoms with Gasteiger partial charge >= 0.3 is 0 Å². The summed E-state index contributed by atoms with van der Waals surface area (Å²) < 4.78 is 19.2. The standard InChI is InChI=1S/C101H58N2O2/c1-2-28-66-65(27-1)90-70-45-44-55(52-76(70)91(66)93-58(46-48-68(94(90)93)64-33-21-43-88-89(64)74-31-10-19-41-86(74)104-88)56-53-77-62-25-8-17-39-84(62)103-85-40-18-9-26-63(85)78(54-56)99(77)103)57-47-51-71(100-92(57)75-32-11-20-42-87(75)105-100)69-50-49-67(61-24-7-16-38-83(61)102-81-36-14-5-22-59(81)60-23-6-15-37-82(60)102)95-96(69)98-73-30-4-13-35-80(73)101(98)79-34-12-3-29-72(79)97(95)101/h1-54,90-91,97-98H. The lowest BCUT2D eigenvalue weighted by atomic mass is 9.43. The Morgan fingerprint density at radius 2 is 0.705 bits per heavy atom. The molecular formula is C101H58N2O2. The van der Waals surface area contributed by atoms with Crippen molar-refractivity contribution in [3.05, 3.63) is 394 Å². The quantitative estimate of drug-likeness (QED) is 0.166. The van der Waals surface area contributed by atoms with Crippen molar-refractivity contribution in [2.75, 3.05) is 0 Å². The van der Waals surface area contributed by atoms with Gasteiger partial charge in [-0.2, -0.15) is 0 Å². The number of hydrogen-bond acceptors (Lipinski definition) is 2. The summed E-state index contributed by atoms with van der Waals surface area (Å²) in [5, 5.41) is 12.2. The van der Waals surface area contributed by atoms with Gasteiger partial charge in [0.15, 0.2) is 0 Å². The van der Waals surface area contributed by atoms with E-state index in [1.165, 1.54) is 182 Å². The van der Waals surface area contributed by atoms with E-state index in [9.17, 15) is 0 Å². The third-order valence-corrected chi connectivity index (χ3v) is 25.8. The van der Waals surface area contributed by atoms with Gasteiger partial charge in [0, 0.05) is 94.1 Å². The zero-order chi connectivity index (χ0) is 67.8. The fraction of sp³-hybridized carbons (Fsp3) is 0.0495. The molecule has 16 aromatic carbocycles. The van der Waals surface area contributed by atoms with E-state index < -0.39 is 0 Å². The average molecular weight is 1330 g/mol. The van der Waals surface area contributed by atoms with Crippen LogP contribution in [0, 0.1) is 0 Å². The van der Waals surface area contributed by atoms with Gasteiger partial charge in [0.2, 0.25) is 0 Å². The van der Waals surface area contributed by atoms with Gasteiger partial charge < -0.3 is 17.8 Å². The van der Waals surface area contributed by atoms with Crippen LogP contribution < -0.4 is 0 Å². The number of nitrogens with zero attached hydrogens (tertiary/aromatic N) is 2. The summed E-state index contributed by atoms with van der Waals surface area (Å²) in [7, 11) is 0. The summed E-state index contributed by atoms with van der Waals surface area (Å²) in [5.74, 6) is 0.123. The predicted molar refractivity (Wildman–Crippen MR) is 429 cm³/mol. The Bertz CT molecular complexity index is 7400. The monoisotopic (exact) mass is 1330 g/mol. The molecule has 5 heterocycles. The molecule has 21 aromatic rings. The lowest BCUT2D eigenvalue weighted by Gasteiger charge is -2.58. The summed E-state index contributed by atoms with van der Waals surface area (Å²) in [6, 6.07) is 124. The smallest absolute Gasteiger partial charge is 0.143 e. The first-order valence-corrected chi connectivity index (χ1v) is 37.0. The van der Waals surface area contributed by atoms with Gasteiger partial charge in [0.1, 0.15) is 22.3 Å². The molecule has 4 nitrogen and oxygen atoms in total. The van der Waals surface area contributed by atoms with E-state index in [0.717, 1.165) is 49.4 Å². The van der Waals surface area contributed by atoms with E-state index >= 15 is 0 Å². The molecule has 27 rings (SSSR count). The zero-order valence-electron chi connectivity index (χ0n) is 56.7. The first-order chi connectivity index (χ1) is 52.2. The number of furan rings is 2.